The minimum absolute atomic E-state index is 0.0439. The van der Waals surface area contributed by atoms with Gasteiger partial charge in [-0.1, -0.05) is 48.5 Å². The number of rotatable bonds is 4. The lowest BCUT2D eigenvalue weighted by molar-refractivity contribution is -0.929. The molecule has 120 valence electrons. The first-order valence-corrected chi connectivity index (χ1v) is 8.09. The fraction of sp³-hybridized carbons (Fsp3) is 0.316. The highest BCUT2D eigenvalue weighted by molar-refractivity contribution is 5.95. The lowest BCUT2D eigenvalue weighted by Crippen LogP contribution is -3.15. The molecule has 0 spiro atoms. The Morgan fingerprint density at radius 1 is 1.04 bits per heavy atom. The van der Waals surface area contributed by atoms with Gasteiger partial charge in [0.05, 0.1) is 13.2 Å². The highest BCUT2D eigenvalue weighted by Crippen LogP contribution is 2.17. The van der Waals surface area contributed by atoms with Gasteiger partial charge in [-0.25, -0.2) is 0 Å². The van der Waals surface area contributed by atoms with Gasteiger partial charge in [0.1, 0.15) is 13.1 Å². The first-order chi connectivity index (χ1) is 11.3. The van der Waals surface area contributed by atoms with E-state index < -0.39 is 0 Å². The largest absolute Gasteiger partial charge is 0.370 e. The van der Waals surface area contributed by atoms with E-state index >= 15 is 0 Å². The van der Waals surface area contributed by atoms with Gasteiger partial charge < -0.3 is 15.0 Å². The first-order valence-electron chi connectivity index (χ1n) is 8.09. The van der Waals surface area contributed by atoms with Gasteiger partial charge in [0.25, 0.3) is 5.91 Å². The highest BCUT2D eigenvalue weighted by atomic mass is 16.5. The molecule has 1 amide bonds. The van der Waals surface area contributed by atoms with Crippen molar-refractivity contribution >= 4 is 11.6 Å². The van der Waals surface area contributed by atoms with Crippen LogP contribution in [0.15, 0.2) is 54.6 Å². The number of quaternary nitrogens is 1. The minimum Gasteiger partial charge on any atom is -0.370 e. The summed E-state index contributed by atoms with van der Waals surface area (Å²) in [5.41, 5.74) is 3.01. The van der Waals surface area contributed by atoms with Gasteiger partial charge in [-0.05, 0) is 18.6 Å². The Hall–Kier alpha value is -2.17. The molecule has 1 fully saturated rings. The van der Waals surface area contributed by atoms with Crippen LogP contribution >= 0.6 is 0 Å². The number of ether oxygens (including phenoxy) is 1. The number of hydrogen-bond donors (Lipinski definition) is 2. The van der Waals surface area contributed by atoms with Crippen LogP contribution in [0.5, 0.6) is 0 Å². The summed E-state index contributed by atoms with van der Waals surface area (Å²) in [5, 5.41) is 3.11. The Morgan fingerprint density at radius 2 is 1.70 bits per heavy atom. The number of carbonyl (C=O) groups is 1. The molecular formula is C19H23N2O2+. The number of anilines is 1. The SMILES string of the molecule is Cc1ccccc1NC(=O)[C@H](c1ccccc1)[NH+]1CCOCC1. The van der Waals surface area contributed by atoms with Crippen molar-refractivity contribution in [3.63, 3.8) is 0 Å². The first kappa shape index (κ1) is 15.7. The number of carbonyl (C=O) groups excluding carboxylic acids is 1. The molecule has 3 rings (SSSR count). The molecule has 0 saturated carbocycles. The molecule has 0 unspecified atom stereocenters. The predicted octanol–water partition coefficient (Wildman–Crippen LogP) is 1.59. The van der Waals surface area contributed by atoms with Crippen LogP contribution in [-0.2, 0) is 9.53 Å². The number of aryl methyl sites for hydroxylation is 1. The van der Waals surface area contributed by atoms with Gasteiger partial charge in [0, 0.05) is 11.3 Å². The maximum absolute atomic E-state index is 13.0. The maximum atomic E-state index is 13.0. The number of para-hydroxylation sites is 1. The molecule has 4 heteroatoms. The van der Waals surface area contributed by atoms with E-state index in [4.69, 9.17) is 4.74 Å². The predicted molar refractivity (Wildman–Crippen MR) is 90.5 cm³/mol. The van der Waals surface area contributed by atoms with E-state index in [2.05, 4.69) is 5.32 Å². The zero-order valence-corrected chi connectivity index (χ0v) is 13.4. The van der Waals surface area contributed by atoms with Gasteiger partial charge in [0.15, 0.2) is 6.04 Å². The maximum Gasteiger partial charge on any atom is 0.287 e. The summed E-state index contributed by atoms with van der Waals surface area (Å²) in [7, 11) is 0. The summed E-state index contributed by atoms with van der Waals surface area (Å²) in [4.78, 5) is 14.2. The van der Waals surface area contributed by atoms with Crippen molar-refractivity contribution in [2.45, 2.75) is 13.0 Å². The van der Waals surface area contributed by atoms with Crippen molar-refractivity contribution in [2.24, 2.45) is 0 Å². The Bertz CT molecular complexity index is 651. The molecule has 1 aliphatic heterocycles. The minimum atomic E-state index is -0.209. The van der Waals surface area contributed by atoms with Crippen LogP contribution in [0.2, 0.25) is 0 Å². The van der Waals surface area contributed by atoms with Crippen molar-refractivity contribution in [1.29, 1.82) is 0 Å². The summed E-state index contributed by atoms with van der Waals surface area (Å²) >= 11 is 0. The van der Waals surface area contributed by atoms with Crippen molar-refractivity contribution in [2.75, 3.05) is 31.6 Å². The fourth-order valence-corrected chi connectivity index (χ4v) is 3.06. The second kappa shape index (κ2) is 7.40. The quantitative estimate of drug-likeness (QED) is 0.900. The molecule has 2 aromatic carbocycles. The molecule has 1 aliphatic rings. The standard InChI is InChI=1S/C19H22N2O2/c1-15-7-5-6-10-17(15)20-19(22)18(16-8-3-2-4-9-16)21-11-13-23-14-12-21/h2-10,18H,11-14H2,1H3,(H,20,22)/p+1/t18-/m0/s1. The van der Waals surface area contributed by atoms with E-state index in [0.717, 1.165) is 29.9 Å². The summed E-state index contributed by atoms with van der Waals surface area (Å²) < 4.78 is 5.45. The summed E-state index contributed by atoms with van der Waals surface area (Å²) in [6, 6.07) is 17.7. The smallest absolute Gasteiger partial charge is 0.287 e. The van der Waals surface area contributed by atoms with Crippen LogP contribution in [0.1, 0.15) is 17.2 Å². The van der Waals surface area contributed by atoms with E-state index in [1.807, 2.05) is 61.5 Å². The third kappa shape index (κ3) is 3.78. The Kier molecular flexibility index (Phi) is 5.05. The van der Waals surface area contributed by atoms with Crippen LogP contribution in [0, 0.1) is 6.92 Å². The molecule has 0 aliphatic carbocycles. The number of amides is 1. The Balaban J connectivity index is 1.85. The summed E-state index contributed by atoms with van der Waals surface area (Å²) in [6.45, 7) is 5.11. The molecule has 0 bridgehead atoms. The number of morpholine rings is 1. The summed E-state index contributed by atoms with van der Waals surface area (Å²) in [6.07, 6.45) is 0. The van der Waals surface area contributed by atoms with E-state index in [1.165, 1.54) is 4.90 Å². The third-order valence-corrected chi connectivity index (χ3v) is 4.34. The van der Waals surface area contributed by atoms with E-state index in [0.29, 0.717) is 13.2 Å². The lowest BCUT2D eigenvalue weighted by Gasteiger charge is -2.31. The van der Waals surface area contributed by atoms with Crippen molar-refractivity contribution in [3.05, 3.63) is 65.7 Å². The van der Waals surface area contributed by atoms with Crippen LogP contribution in [0.4, 0.5) is 5.69 Å². The number of nitrogens with one attached hydrogen (secondary N) is 2. The second-order valence-electron chi connectivity index (χ2n) is 5.92. The van der Waals surface area contributed by atoms with Gasteiger partial charge in [0.2, 0.25) is 0 Å². The van der Waals surface area contributed by atoms with Gasteiger partial charge in [-0.2, -0.15) is 0 Å². The Labute approximate surface area is 137 Å². The summed E-state index contributed by atoms with van der Waals surface area (Å²) in [5.74, 6) is 0.0439. The van der Waals surface area contributed by atoms with Gasteiger partial charge >= 0.3 is 0 Å². The van der Waals surface area contributed by atoms with Gasteiger partial charge in [-0.3, -0.25) is 4.79 Å². The molecule has 2 N–H and O–H groups in total. The molecular weight excluding hydrogens is 288 g/mol. The molecule has 0 radical (unpaired) electrons. The van der Waals surface area contributed by atoms with E-state index in [1.54, 1.807) is 0 Å². The molecule has 1 saturated heterocycles. The highest BCUT2D eigenvalue weighted by Gasteiger charge is 2.32. The van der Waals surface area contributed by atoms with Crippen molar-refractivity contribution < 1.29 is 14.4 Å². The normalized spacial score (nSPS) is 16.7. The average molecular weight is 311 g/mol. The lowest BCUT2D eigenvalue weighted by atomic mass is 10.0. The molecule has 0 aromatic heterocycles. The van der Waals surface area contributed by atoms with Crippen molar-refractivity contribution in [1.82, 2.24) is 0 Å². The molecule has 4 nitrogen and oxygen atoms in total. The second-order valence-corrected chi connectivity index (χ2v) is 5.92. The molecule has 2 aromatic rings. The molecule has 1 heterocycles. The van der Waals surface area contributed by atoms with Crippen LogP contribution in [0.25, 0.3) is 0 Å². The number of hydrogen-bond acceptors (Lipinski definition) is 2. The average Bonchev–Trinajstić information content (AvgIpc) is 2.59. The van der Waals surface area contributed by atoms with Crippen molar-refractivity contribution in [3.8, 4) is 0 Å². The topological polar surface area (TPSA) is 42.8 Å². The Morgan fingerprint density at radius 3 is 2.39 bits per heavy atom. The molecule has 23 heavy (non-hydrogen) atoms. The monoisotopic (exact) mass is 311 g/mol. The zero-order chi connectivity index (χ0) is 16.1. The van der Waals surface area contributed by atoms with Crippen LogP contribution in [-0.4, -0.2) is 32.2 Å². The molecule has 1 atom stereocenters. The number of benzene rings is 2. The van der Waals surface area contributed by atoms with Crippen LogP contribution in [0.3, 0.4) is 0 Å². The van der Waals surface area contributed by atoms with E-state index in [9.17, 15) is 4.79 Å². The van der Waals surface area contributed by atoms with Crippen LogP contribution < -0.4 is 10.2 Å². The fourth-order valence-electron chi connectivity index (χ4n) is 3.06. The zero-order valence-electron chi connectivity index (χ0n) is 13.4. The van der Waals surface area contributed by atoms with Gasteiger partial charge in [-0.15, -0.1) is 0 Å². The third-order valence-electron chi connectivity index (χ3n) is 4.34. The van der Waals surface area contributed by atoms with E-state index in [-0.39, 0.29) is 11.9 Å².